The Morgan fingerprint density at radius 1 is 1.44 bits per heavy atom. The molecule has 0 saturated carbocycles. The summed E-state index contributed by atoms with van der Waals surface area (Å²) in [5.74, 6) is 0.751. The van der Waals surface area contributed by atoms with Crippen molar-refractivity contribution >= 4 is 5.91 Å². The van der Waals surface area contributed by atoms with Gasteiger partial charge in [-0.25, -0.2) is 0 Å². The number of rotatable bonds is 3. The molecule has 4 heteroatoms. The van der Waals surface area contributed by atoms with Gasteiger partial charge < -0.3 is 15.8 Å². The van der Waals surface area contributed by atoms with Gasteiger partial charge in [0, 0.05) is 18.7 Å². The van der Waals surface area contributed by atoms with E-state index in [1.54, 1.807) is 0 Å². The summed E-state index contributed by atoms with van der Waals surface area (Å²) < 4.78 is 5.91. The van der Waals surface area contributed by atoms with Crippen molar-refractivity contribution in [1.29, 1.82) is 0 Å². The van der Waals surface area contributed by atoms with Crippen LogP contribution in [0.5, 0.6) is 5.75 Å². The van der Waals surface area contributed by atoms with Crippen LogP contribution in [0, 0.1) is 6.92 Å². The molecule has 1 aliphatic rings. The monoisotopic (exact) mass is 248 g/mol. The molecule has 0 radical (unpaired) electrons. The first-order valence-corrected chi connectivity index (χ1v) is 6.45. The number of ether oxygens (including phenoxy) is 1. The molecule has 1 amide bonds. The van der Waals surface area contributed by atoms with Crippen LogP contribution in [0.25, 0.3) is 0 Å². The molecule has 0 aliphatic carbocycles. The van der Waals surface area contributed by atoms with Crippen LogP contribution in [-0.4, -0.2) is 18.6 Å². The number of amides is 1. The molecule has 0 spiro atoms. The maximum Gasteiger partial charge on any atom is 0.261 e. The van der Waals surface area contributed by atoms with Gasteiger partial charge in [0.2, 0.25) is 0 Å². The molecular formula is C14H20N2O2. The predicted molar refractivity (Wildman–Crippen MR) is 70.3 cm³/mol. The van der Waals surface area contributed by atoms with Gasteiger partial charge in [0.25, 0.3) is 5.91 Å². The van der Waals surface area contributed by atoms with Crippen molar-refractivity contribution in [2.24, 2.45) is 5.73 Å². The first kappa shape index (κ1) is 12.9. The van der Waals surface area contributed by atoms with Crippen LogP contribution in [0.3, 0.4) is 0 Å². The average molecular weight is 248 g/mol. The Hall–Kier alpha value is -1.55. The largest absolute Gasteiger partial charge is 0.480 e. The third-order valence-electron chi connectivity index (χ3n) is 3.26. The van der Waals surface area contributed by atoms with Gasteiger partial charge in [0.1, 0.15) is 5.75 Å². The number of nitrogens with one attached hydrogen (secondary N) is 1. The molecule has 1 aromatic rings. The van der Waals surface area contributed by atoms with Crippen LogP contribution in [0.1, 0.15) is 30.4 Å². The highest BCUT2D eigenvalue weighted by Gasteiger charge is 2.23. The molecule has 1 atom stereocenters. The fraction of sp³-hybridized carbons (Fsp3) is 0.500. The van der Waals surface area contributed by atoms with Gasteiger partial charge in [-0.2, -0.15) is 0 Å². The molecule has 2 rings (SSSR count). The molecule has 1 aliphatic heterocycles. The zero-order valence-corrected chi connectivity index (χ0v) is 10.7. The number of nitrogens with two attached hydrogens (primary N) is 1. The molecule has 1 fully saturated rings. The molecule has 1 aromatic carbocycles. The number of para-hydroxylation sites is 1. The van der Waals surface area contributed by atoms with E-state index in [1.807, 2.05) is 25.1 Å². The summed E-state index contributed by atoms with van der Waals surface area (Å²) in [5.41, 5.74) is 7.68. The SMILES string of the molecule is Cc1cccc(CN)c1OC1CCCCNC1=O. The smallest absolute Gasteiger partial charge is 0.261 e. The molecule has 18 heavy (non-hydrogen) atoms. The van der Waals surface area contributed by atoms with Crippen molar-refractivity contribution in [3.8, 4) is 5.75 Å². The highest BCUT2D eigenvalue weighted by Crippen LogP contribution is 2.25. The number of benzene rings is 1. The van der Waals surface area contributed by atoms with Crippen LogP contribution >= 0.6 is 0 Å². The highest BCUT2D eigenvalue weighted by atomic mass is 16.5. The second kappa shape index (κ2) is 5.87. The summed E-state index contributed by atoms with van der Waals surface area (Å²) in [6.45, 7) is 3.14. The molecular weight excluding hydrogens is 228 g/mol. The average Bonchev–Trinajstić information content (AvgIpc) is 2.57. The van der Waals surface area contributed by atoms with Gasteiger partial charge in [0.15, 0.2) is 6.10 Å². The second-order valence-electron chi connectivity index (χ2n) is 4.66. The lowest BCUT2D eigenvalue weighted by Crippen LogP contribution is -2.36. The summed E-state index contributed by atoms with van der Waals surface area (Å²) in [7, 11) is 0. The molecule has 0 aromatic heterocycles. The zero-order chi connectivity index (χ0) is 13.0. The van der Waals surface area contributed by atoms with Gasteiger partial charge in [-0.3, -0.25) is 4.79 Å². The number of carbonyl (C=O) groups is 1. The Kier molecular flexibility index (Phi) is 4.20. The summed E-state index contributed by atoms with van der Waals surface area (Å²) >= 11 is 0. The van der Waals surface area contributed by atoms with Crippen LogP contribution in [0.4, 0.5) is 0 Å². The van der Waals surface area contributed by atoms with E-state index in [0.29, 0.717) is 6.54 Å². The van der Waals surface area contributed by atoms with Crippen molar-refractivity contribution in [3.63, 3.8) is 0 Å². The van der Waals surface area contributed by atoms with Crippen LogP contribution < -0.4 is 15.8 Å². The topological polar surface area (TPSA) is 64.3 Å². The highest BCUT2D eigenvalue weighted by molar-refractivity contribution is 5.81. The van der Waals surface area contributed by atoms with Crippen molar-refractivity contribution in [2.75, 3.05) is 6.54 Å². The fourth-order valence-corrected chi connectivity index (χ4v) is 2.21. The minimum absolute atomic E-state index is 0.0151. The van der Waals surface area contributed by atoms with Crippen molar-refractivity contribution in [2.45, 2.75) is 38.8 Å². The minimum atomic E-state index is -0.390. The molecule has 1 heterocycles. The number of aryl methyl sites for hydroxylation is 1. The van der Waals surface area contributed by atoms with Crippen LogP contribution in [-0.2, 0) is 11.3 Å². The normalized spacial score (nSPS) is 20.1. The Balaban J connectivity index is 2.19. The Bertz CT molecular complexity index is 432. The van der Waals surface area contributed by atoms with E-state index in [0.717, 1.165) is 42.7 Å². The summed E-state index contributed by atoms with van der Waals surface area (Å²) in [6, 6.07) is 5.87. The van der Waals surface area contributed by atoms with Gasteiger partial charge in [0.05, 0.1) is 0 Å². The zero-order valence-electron chi connectivity index (χ0n) is 10.7. The van der Waals surface area contributed by atoms with E-state index >= 15 is 0 Å². The predicted octanol–water partition coefficient (Wildman–Crippen LogP) is 1.50. The van der Waals surface area contributed by atoms with E-state index < -0.39 is 0 Å². The Morgan fingerprint density at radius 3 is 3.06 bits per heavy atom. The quantitative estimate of drug-likeness (QED) is 0.852. The Morgan fingerprint density at radius 2 is 2.28 bits per heavy atom. The van der Waals surface area contributed by atoms with Crippen molar-refractivity contribution in [1.82, 2.24) is 5.32 Å². The van der Waals surface area contributed by atoms with E-state index in [4.69, 9.17) is 10.5 Å². The maximum atomic E-state index is 11.9. The number of hydrogen-bond acceptors (Lipinski definition) is 3. The minimum Gasteiger partial charge on any atom is -0.480 e. The van der Waals surface area contributed by atoms with E-state index in [1.165, 1.54) is 0 Å². The van der Waals surface area contributed by atoms with Gasteiger partial charge in [-0.05, 0) is 31.7 Å². The molecule has 3 N–H and O–H groups in total. The third kappa shape index (κ3) is 2.82. The number of carbonyl (C=O) groups excluding carboxylic acids is 1. The lowest BCUT2D eigenvalue weighted by atomic mass is 10.1. The summed E-state index contributed by atoms with van der Waals surface area (Å²) in [5, 5.41) is 2.88. The summed E-state index contributed by atoms with van der Waals surface area (Å²) in [4.78, 5) is 11.9. The lowest BCUT2D eigenvalue weighted by molar-refractivity contribution is -0.127. The van der Waals surface area contributed by atoms with Crippen LogP contribution in [0.15, 0.2) is 18.2 Å². The molecule has 0 bridgehead atoms. The van der Waals surface area contributed by atoms with Crippen molar-refractivity contribution in [3.05, 3.63) is 29.3 Å². The number of hydrogen-bond donors (Lipinski definition) is 2. The second-order valence-corrected chi connectivity index (χ2v) is 4.66. The maximum absolute atomic E-state index is 11.9. The van der Waals surface area contributed by atoms with E-state index in [2.05, 4.69) is 5.32 Å². The Labute approximate surface area is 108 Å². The van der Waals surface area contributed by atoms with Gasteiger partial charge >= 0.3 is 0 Å². The molecule has 1 saturated heterocycles. The van der Waals surface area contributed by atoms with Crippen LogP contribution in [0.2, 0.25) is 0 Å². The molecule has 1 unspecified atom stereocenters. The standard InChI is InChI=1S/C14H20N2O2/c1-10-5-4-6-11(9-15)13(10)18-12-7-2-3-8-16-14(12)17/h4-6,12H,2-3,7-9,15H2,1H3,(H,16,17). The first-order chi connectivity index (χ1) is 8.72. The summed E-state index contributed by atoms with van der Waals surface area (Å²) in [6.07, 6.45) is 2.40. The molecule has 98 valence electrons. The molecule has 4 nitrogen and oxygen atoms in total. The van der Waals surface area contributed by atoms with E-state index in [9.17, 15) is 4.79 Å². The lowest BCUT2D eigenvalue weighted by Gasteiger charge is -2.19. The van der Waals surface area contributed by atoms with Gasteiger partial charge in [-0.1, -0.05) is 18.2 Å². The van der Waals surface area contributed by atoms with Crippen molar-refractivity contribution < 1.29 is 9.53 Å². The fourth-order valence-electron chi connectivity index (χ4n) is 2.21. The third-order valence-corrected chi connectivity index (χ3v) is 3.26. The first-order valence-electron chi connectivity index (χ1n) is 6.45. The van der Waals surface area contributed by atoms with E-state index in [-0.39, 0.29) is 12.0 Å². The van der Waals surface area contributed by atoms with Gasteiger partial charge in [-0.15, -0.1) is 0 Å².